The van der Waals surface area contributed by atoms with E-state index in [1.54, 1.807) is 28.6 Å². The van der Waals surface area contributed by atoms with Gasteiger partial charge in [-0.25, -0.2) is 4.98 Å². The molecule has 2 heterocycles. The highest BCUT2D eigenvalue weighted by Crippen LogP contribution is 2.13. The smallest absolute Gasteiger partial charge is 0.226 e. The summed E-state index contributed by atoms with van der Waals surface area (Å²) in [5.74, 6) is 0.133. The van der Waals surface area contributed by atoms with Gasteiger partial charge >= 0.3 is 0 Å². The van der Waals surface area contributed by atoms with Crippen molar-refractivity contribution in [2.75, 3.05) is 13.6 Å². The van der Waals surface area contributed by atoms with Crippen LogP contribution in [0.25, 0.3) is 0 Å². The van der Waals surface area contributed by atoms with E-state index in [1.165, 1.54) is 4.88 Å². The molecule has 4 nitrogen and oxygen atoms in total. The Balaban J connectivity index is 1.84. The summed E-state index contributed by atoms with van der Waals surface area (Å²) in [4.78, 5) is 23.2. The molecule has 0 fully saturated rings. The Kier molecular flexibility index (Phi) is 4.63. The van der Waals surface area contributed by atoms with E-state index in [4.69, 9.17) is 0 Å². The van der Waals surface area contributed by atoms with Gasteiger partial charge in [0.1, 0.15) is 0 Å². The largest absolute Gasteiger partial charge is 0.345 e. The lowest BCUT2D eigenvalue weighted by Gasteiger charge is -2.16. The van der Waals surface area contributed by atoms with Crippen molar-refractivity contribution in [1.29, 1.82) is 0 Å². The maximum absolute atomic E-state index is 12.1. The summed E-state index contributed by atoms with van der Waals surface area (Å²) in [6.45, 7) is 2.73. The van der Waals surface area contributed by atoms with E-state index in [-0.39, 0.29) is 5.91 Å². The third-order valence-corrected chi connectivity index (χ3v) is 4.04. The van der Waals surface area contributed by atoms with Crippen LogP contribution in [0, 0.1) is 6.92 Å². The van der Waals surface area contributed by atoms with Crippen molar-refractivity contribution in [1.82, 2.24) is 14.9 Å². The lowest BCUT2D eigenvalue weighted by atomic mass is 10.2. The van der Waals surface area contributed by atoms with Gasteiger partial charge in [0.05, 0.1) is 17.6 Å². The average molecular weight is 275 g/mol. The van der Waals surface area contributed by atoms with Gasteiger partial charge < -0.3 is 4.90 Å². The number of carbonyl (C=O) groups excluding carboxylic acids is 1. The third-order valence-electron chi connectivity index (χ3n) is 3.05. The third kappa shape index (κ3) is 3.86. The fraction of sp³-hybridized carbons (Fsp3) is 0.357. The number of aromatic nitrogens is 2. The molecule has 0 spiro atoms. The molecular weight excluding hydrogens is 258 g/mol. The zero-order chi connectivity index (χ0) is 13.7. The Hall–Kier alpha value is -1.75. The molecule has 19 heavy (non-hydrogen) atoms. The second-order valence-corrected chi connectivity index (χ2v) is 5.40. The minimum Gasteiger partial charge on any atom is -0.345 e. The van der Waals surface area contributed by atoms with E-state index < -0.39 is 0 Å². The molecular formula is C14H17N3OS. The quantitative estimate of drug-likeness (QED) is 0.839. The SMILES string of the molecule is Cc1ncsc1CCN(C)C(=O)Cc1ccncc1. The number of carbonyl (C=O) groups is 1. The van der Waals surface area contributed by atoms with Crippen LogP contribution in [0.3, 0.4) is 0 Å². The number of hydrogen-bond acceptors (Lipinski definition) is 4. The number of likely N-dealkylation sites (N-methyl/N-ethyl adjacent to an activating group) is 1. The molecule has 5 heteroatoms. The lowest BCUT2D eigenvalue weighted by molar-refractivity contribution is -0.129. The molecule has 100 valence electrons. The number of nitrogens with zero attached hydrogens (tertiary/aromatic N) is 3. The molecule has 1 amide bonds. The van der Waals surface area contributed by atoms with Gasteiger partial charge in [-0.2, -0.15) is 0 Å². The molecule has 0 saturated carbocycles. The second kappa shape index (κ2) is 6.43. The molecule has 2 aromatic rings. The number of thiazole rings is 1. The molecule has 0 saturated heterocycles. The van der Waals surface area contributed by atoms with Crippen molar-refractivity contribution in [2.24, 2.45) is 0 Å². The lowest BCUT2D eigenvalue weighted by Crippen LogP contribution is -2.30. The zero-order valence-electron chi connectivity index (χ0n) is 11.2. The minimum atomic E-state index is 0.133. The van der Waals surface area contributed by atoms with Crippen molar-refractivity contribution >= 4 is 17.2 Å². The topological polar surface area (TPSA) is 46.1 Å². The standard InChI is InChI=1S/C14H17N3OS/c1-11-13(19-10-16-11)5-8-17(2)14(18)9-12-3-6-15-7-4-12/h3-4,6-7,10H,5,8-9H2,1-2H3. The molecule has 0 N–H and O–H groups in total. The van der Waals surface area contributed by atoms with E-state index >= 15 is 0 Å². The average Bonchev–Trinajstić information content (AvgIpc) is 2.82. The van der Waals surface area contributed by atoms with Crippen molar-refractivity contribution in [2.45, 2.75) is 19.8 Å². The number of aryl methyl sites for hydroxylation is 1. The molecule has 2 aromatic heterocycles. The monoisotopic (exact) mass is 275 g/mol. The van der Waals surface area contributed by atoms with Crippen LogP contribution >= 0.6 is 11.3 Å². The van der Waals surface area contributed by atoms with E-state index in [0.29, 0.717) is 6.42 Å². The molecule has 0 radical (unpaired) electrons. The predicted octanol–water partition coefficient (Wildman–Crippen LogP) is 2.09. The van der Waals surface area contributed by atoms with E-state index in [2.05, 4.69) is 9.97 Å². The first-order chi connectivity index (χ1) is 9.16. The maximum Gasteiger partial charge on any atom is 0.226 e. The van der Waals surface area contributed by atoms with Crippen LogP contribution in [0.4, 0.5) is 0 Å². The normalized spacial score (nSPS) is 10.4. The van der Waals surface area contributed by atoms with Gasteiger partial charge in [0.2, 0.25) is 5.91 Å². The maximum atomic E-state index is 12.1. The fourth-order valence-corrected chi connectivity index (χ4v) is 2.54. The van der Waals surface area contributed by atoms with E-state index in [9.17, 15) is 4.79 Å². The fourth-order valence-electron chi connectivity index (χ4n) is 1.77. The Labute approximate surface area is 117 Å². The first kappa shape index (κ1) is 13.7. The summed E-state index contributed by atoms with van der Waals surface area (Å²) in [7, 11) is 1.85. The van der Waals surface area contributed by atoms with Crippen LogP contribution in [0.15, 0.2) is 30.0 Å². The van der Waals surface area contributed by atoms with E-state index in [1.807, 2.05) is 31.6 Å². The van der Waals surface area contributed by atoms with Crippen molar-refractivity contribution in [3.8, 4) is 0 Å². The summed E-state index contributed by atoms with van der Waals surface area (Å²) in [5.41, 5.74) is 3.92. The molecule has 0 aliphatic heterocycles. The van der Waals surface area contributed by atoms with Crippen molar-refractivity contribution in [3.63, 3.8) is 0 Å². The van der Waals surface area contributed by atoms with Gasteiger partial charge in [0.25, 0.3) is 0 Å². The summed E-state index contributed by atoms with van der Waals surface area (Å²) in [6.07, 6.45) is 4.72. The van der Waals surface area contributed by atoms with Gasteiger partial charge in [0, 0.05) is 37.3 Å². The first-order valence-electron chi connectivity index (χ1n) is 6.18. The Morgan fingerprint density at radius 3 is 2.74 bits per heavy atom. The van der Waals surface area contributed by atoms with Gasteiger partial charge in [-0.3, -0.25) is 9.78 Å². The highest BCUT2D eigenvalue weighted by atomic mass is 32.1. The Morgan fingerprint density at radius 2 is 2.11 bits per heavy atom. The number of rotatable bonds is 5. The highest BCUT2D eigenvalue weighted by Gasteiger charge is 2.10. The molecule has 0 aliphatic carbocycles. The van der Waals surface area contributed by atoms with E-state index in [0.717, 1.165) is 24.2 Å². The minimum absolute atomic E-state index is 0.133. The molecule has 2 rings (SSSR count). The van der Waals surface area contributed by atoms with Crippen LogP contribution in [-0.4, -0.2) is 34.4 Å². The molecule has 0 bridgehead atoms. The van der Waals surface area contributed by atoms with Gasteiger partial charge in [-0.15, -0.1) is 11.3 Å². The predicted molar refractivity (Wildman–Crippen MR) is 76.1 cm³/mol. The van der Waals surface area contributed by atoms with Gasteiger partial charge in [-0.1, -0.05) is 0 Å². The summed E-state index contributed by atoms with van der Waals surface area (Å²) in [5, 5.41) is 0. The summed E-state index contributed by atoms with van der Waals surface area (Å²) < 4.78 is 0. The van der Waals surface area contributed by atoms with Gasteiger partial charge in [-0.05, 0) is 24.6 Å². The van der Waals surface area contributed by atoms with Crippen LogP contribution < -0.4 is 0 Å². The molecule has 0 unspecified atom stereocenters. The highest BCUT2D eigenvalue weighted by molar-refractivity contribution is 7.09. The molecule has 0 aromatic carbocycles. The van der Waals surface area contributed by atoms with Crippen molar-refractivity contribution in [3.05, 3.63) is 46.2 Å². The number of amides is 1. The van der Waals surface area contributed by atoms with Crippen LogP contribution in [0.5, 0.6) is 0 Å². The number of hydrogen-bond donors (Lipinski definition) is 0. The summed E-state index contributed by atoms with van der Waals surface area (Å²) in [6, 6.07) is 3.75. The van der Waals surface area contributed by atoms with Crippen LogP contribution in [0.1, 0.15) is 16.1 Å². The number of pyridine rings is 1. The molecule has 0 aliphatic rings. The van der Waals surface area contributed by atoms with Crippen LogP contribution in [-0.2, 0) is 17.6 Å². The van der Waals surface area contributed by atoms with Gasteiger partial charge in [0.15, 0.2) is 0 Å². The Morgan fingerprint density at radius 1 is 1.37 bits per heavy atom. The molecule has 0 atom stereocenters. The first-order valence-corrected chi connectivity index (χ1v) is 7.06. The second-order valence-electron chi connectivity index (χ2n) is 4.46. The summed E-state index contributed by atoms with van der Waals surface area (Å²) >= 11 is 1.65. The van der Waals surface area contributed by atoms with Crippen LogP contribution in [0.2, 0.25) is 0 Å². The Bertz CT molecular complexity index is 539. The van der Waals surface area contributed by atoms with Crippen molar-refractivity contribution < 1.29 is 4.79 Å². The zero-order valence-corrected chi connectivity index (χ0v) is 12.0.